The topological polar surface area (TPSA) is 66.9 Å². The third-order valence-corrected chi connectivity index (χ3v) is 6.27. The Hall–Kier alpha value is -2.77. The van der Waals surface area contributed by atoms with Gasteiger partial charge in [-0.15, -0.1) is 22.7 Å². The molecule has 1 amide bonds. The number of thiophene rings is 2. The van der Waals surface area contributed by atoms with Gasteiger partial charge in [-0.05, 0) is 43.3 Å². The number of anilines is 2. The minimum atomic E-state index is -0.102. The van der Waals surface area contributed by atoms with Crippen LogP contribution in [0, 0.1) is 20.8 Å². The van der Waals surface area contributed by atoms with Gasteiger partial charge in [-0.3, -0.25) is 4.79 Å². The first-order chi connectivity index (χ1) is 13.5. The van der Waals surface area contributed by atoms with Gasteiger partial charge < -0.3 is 10.6 Å². The van der Waals surface area contributed by atoms with E-state index in [0.29, 0.717) is 11.6 Å². The highest BCUT2D eigenvalue weighted by atomic mass is 32.1. The number of aromatic nitrogens is 2. The van der Waals surface area contributed by atoms with E-state index in [2.05, 4.69) is 37.4 Å². The lowest BCUT2D eigenvalue weighted by atomic mass is 10.1. The van der Waals surface area contributed by atoms with Crippen molar-refractivity contribution in [2.75, 3.05) is 17.2 Å². The summed E-state index contributed by atoms with van der Waals surface area (Å²) in [6.07, 6.45) is 0. The quantitative estimate of drug-likeness (QED) is 0.464. The van der Waals surface area contributed by atoms with Crippen LogP contribution in [-0.2, 0) is 4.79 Å². The fourth-order valence-electron chi connectivity index (χ4n) is 3.15. The first-order valence-corrected chi connectivity index (χ1v) is 10.7. The van der Waals surface area contributed by atoms with Crippen LogP contribution in [0.2, 0.25) is 0 Å². The van der Waals surface area contributed by atoms with Crippen molar-refractivity contribution in [3.63, 3.8) is 0 Å². The molecule has 0 radical (unpaired) electrons. The fourth-order valence-corrected chi connectivity index (χ4v) is 4.96. The van der Waals surface area contributed by atoms with Crippen LogP contribution in [0.25, 0.3) is 20.7 Å². The first-order valence-electron chi connectivity index (χ1n) is 8.92. The molecular weight excluding hydrogens is 388 g/mol. The third kappa shape index (κ3) is 3.63. The summed E-state index contributed by atoms with van der Waals surface area (Å²) in [5.41, 5.74) is 4.07. The van der Waals surface area contributed by atoms with Gasteiger partial charge in [0, 0.05) is 21.5 Å². The SMILES string of the molecule is Cc1nc(NCC(=O)Nc2c(C)cccc2C)c2c(-c3cccs3)csc2n1. The summed E-state index contributed by atoms with van der Waals surface area (Å²) in [7, 11) is 0. The van der Waals surface area contributed by atoms with Crippen LogP contribution < -0.4 is 10.6 Å². The molecule has 0 saturated heterocycles. The summed E-state index contributed by atoms with van der Waals surface area (Å²) in [6.45, 7) is 5.99. The van der Waals surface area contributed by atoms with Crippen LogP contribution in [0.3, 0.4) is 0 Å². The van der Waals surface area contributed by atoms with E-state index in [-0.39, 0.29) is 12.5 Å². The molecular formula is C21H20N4OS2. The second kappa shape index (κ2) is 7.69. The Morgan fingerprint density at radius 3 is 2.54 bits per heavy atom. The zero-order valence-electron chi connectivity index (χ0n) is 15.9. The number of para-hydroxylation sites is 1. The Kier molecular flexibility index (Phi) is 5.11. The third-order valence-electron chi connectivity index (χ3n) is 4.49. The Morgan fingerprint density at radius 1 is 1.04 bits per heavy atom. The molecule has 3 aromatic heterocycles. The monoisotopic (exact) mass is 408 g/mol. The fraction of sp³-hybridized carbons (Fsp3) is 0.190. The second-order valence-electron chi connectivity index (χ2n) is 6.59. The van der Waals surface area contributed by atoms with Crippen LogP contribution in [0.1, 0.15) is 17.0 Å². The number of carbonyl (C=O) groups excluding carboxylic acids is 1. The van der Waals surface area contributed by atoms with Crippen molar-refractivity contribution in [3.8, 4) is 10.4 Å². The molecule has 7 heteroatoms. The van der Waals surface area contributed by atoms with E-state index in [1.807, 2.05) is 45.0 Å². The Balaban J connectivity index is 1.59. The van der Waals surface area contributed by atoms with Crippen LogP contribution in [-0.4, -0.2) is 22.4 Å². The number of benzene rings is 1. The summed E-state index contributed by atoms with van der Waals surface area (Å²) in [5, 5.41) is 11.4. The molecule has 142 valence electrons. The summed E-state index contributed by atoms with van der Waals surface area (Å²) < 4.78 is 0. The highest BCUT2D eigenvalue weighted by Gasteiger charge is 2.16. The lowest BCUT2D eigenvalue weighted by molar-refractivity contribution is -0.114. The molecule has 0 aliphatic carbocycles. The number of aryl methyl sites for hydroxylation is 3. The normalized spacial score (nSPS) is 11.0. The molecule has 0 aliphatic rings. The molecule has 0 spiro atoms. The van der Waals surface area contributed by atoms with Crippen molar-refractivity contribution < 1.29 is 4.79 Å². The number of rotatable bonds is 5. The lowest BCUT2D eigenvalue weighted by Crippen LogP contribution is -2.23. The summed E-state index contributed by atoms with van der Waals surface area (Å²) in [6, 6.07) is 10.1. The number of amides is 1. The zero-order valence-corrected chi connectivity index (χ0v) is 17.5. The van der Waals surface area contributed by atoms with Crippen molar-refractivity contribution in [1.29, 1.82) is 0 Å². The van der Waals surface area contributed by atoms with Gasteiger partial charge in [-0.2, -0.15) is 0 Å². The van der Waals surface area contributed by atoms with Crippen molar-refractivity contribution in [2.45, 2.75) is 20.8 Å². The number of hydrogen-bond donors (Lipinski definition) is 2. The standard InChI is InChI=1S/C21H20N4OS2/c1-12-6-4-7-13(2)19(12)25-17(26)10-22-20-18-15(16-8-5-9-27-16)11-28-21(18)24-14(3)23-20/h4-9,11H,10H2,1-3H3,(H,25,26)(H,22,23,24). The average molecular weight is 409 g/mol. The van der Waals surface area contributed by atoms with Gasteiger partial charge >= 0.3 is 0 Å². The van der Waals surface area contributed by atoms with E-state index in [1.54, 1.807) is 22.7 Å². The Bertz CT molecular complexity index is 1130. The van der Waals surface area contributed by atoms with Gasteiger partial charge in [0.05, 0.1) is 11.9 Å². The predicted octanol–water partition coefficient (Wildman–Crippen LogP) is 5.40. The number of fused-ring (bicyclic) bond motifs is 1. The minimum absolute atomic E-state index is 0.102. The van der Waals surface area contributed by atoms with Crippen molar-refractivity contribution in [2.24, 2.45) is 0 Å². The van der Waals surface area contributed by atoms with Crippen LogP contribution in [0.5, 0.6) is 0 Å². The first kappa shape index (κ1) is 18.6. The number of nitrogens with zero attached hydrogens (tertiary/aromatic N) is 2. The van der Waals surface area contributed by atoms with Crippen LogP contribution >= 0.6 is 22.7 Å². The molecule has 28 heavy (non-hydrogen) atoms. The molecule has 0 saturated carbocycles. The van der Waals surface area contributed by atoms with Gasteiger partial charge in [0.15, 0.2) is 0 Å². The van der Waals surface area contributed by atoms with Gasteiger partial charge in [0.2, 0.25) is 5.91 Å². The number of hydrogen-bond acceptors (Lipinski definition) is 6. The van der Waals surface area contributed by atoms with Gasteiger partial charge in [0.25, 0.3) is 0 Å². The smallest absolute Gasteiger partial charge is 0.243 e. The Labute approximate surface area is 171 Å². The van der Waals surface area contributed by atoms with E-state index in [9.17, 15) is 4.79 Å². The van der Waals surface area contributed by atoms with Crippen LogP contribution in [0.15, 0.2) is 41.1 Å². The van der Waals surface area contributed by atoms with E-state index in [4.69, 9.17) is 0 Å². The van der Waals surface area contributed by atoms with Crippen LogP contribution in [0.4, 0.5) is 11.5 Å². The van der Waals surface area contributed by atoms with Crippen molar-refractivity contribution in [1.82, 2.24) is 9.97 Å². The number of carbonyl (C=O) groups is 1. The Morgan fingerprint density at radius 2 is 1.82 bits per heavy atom. The largest absolute Gasteiger partial charge is 0.360 e. The molecule has 0 aliphatic heterocycles. The maximum Gasteiger partial charge on any atom is 0.243 e. The molecule has 2 N–H and O–H groups in total. The molecule has 3 heterocycles. The van der Waals surface area contributed by atoms with E-state index in [0.717, 1.165) is 32.6 Å². The summed E-state index contributed by atoms with van der Waals surface area (Å²) in [4.78, 5) is 23.8. The lowest BCUT2D eigenvalue weighted by Gasteiger charge is -2.13. The molecule has 5 nitrogen and oxygen atoms in total. The molecule has 1 aromatic carbocycles. The van der Waals surface area contributed by atoms with E-state index in [1.165, 1.54) is 4.88 Å². The molecule has 4 aromatic rings. The maximum atomic E-state index is 12.6. The van der Waals surface area contributed by atoms with E-state index >= 15 is 0 Å². The molecule has 0 bridgehead atoms. The number of nitrogens with one attached hydrogen (secondary N) is 2. The maximum absolute atomic E-state index is 12.6. The summed E-state index contributed by atoms with van der Waals surface area (Å²) in [5.74, 6) is 1.28. The van der Waals surface area contributed by atoms with Crippen molar-refractivity contribution >= 4 is 50.3 Å². The second-order valence-corrected chi connectivity index (χ2v) is 8.40. The van der Waals surface area contributed by atoms with Gasteiger partial charge in [0.1, 0.15) is 16.5 Å². The van der Waals surface area contributed by atoms with Crippen molar-refractivity contribution in [3.05, 3.63) is 58.0 Å². The average Bonchev–Trinajstić information content (AvgIpc) is 3.32. The van der Waals surface area contributed by atoms with Gasteiger partial charge in [-0.25, -0.2) is 9.97 Å². The molecule has 0 unspecified atom stereocenters. The summed E-state index contributed by atoms with van der Waals surface area (Å²) >= 11 is 3.28. The molecule has 0 fully saturated rings. The minimum Gasteiger partial charge on any atom is -0.360 e. The molecule has 0 atom stereocenters. The predicted molar refractivity (Wildman–Crippen MR) is 119 cm³/mol. The highest BCUT2D eigenvalue weighted by molar-refractivity contribution is 7.18. The highest BCUT2D eigenvalue weighted by Crippen LogP contribution is 2.38. The van der Waals surface area contributed by atoms with Gasteiger partial charge in [-0.1, -0.05) is 24.3 Å². The molecule has 4 rings (SSSR count). The zero-order chi connectivity index (χ0) is 19.7. The van der Waals surface area contributed by atoms with E-state index < -0.39 is 0 Å².